The van der Waals surface area contributed by atoms with Gasteiger partial charge >= 0.3 is 0 Å². The highest BCUT2D eigenvalue weighted by Crippen LogP contribution is 2.29. The summed E-state index contributed by atoms with van der Waals surface area (Å²) >= 11 is 0. The molecule has 0 aliphatic heterocycles. The summed E-state index contributed by atoms with van der Waals surface area (Å²) in [6.07, 6.45) is 0.791. The molecule has 24 heavy (non-hydrogen) atoms. The van der Waals surface area contributed by atoms with Crippen LogP contribution < -0.4 is 19.9 Å². The molecule has 0 aliphatic rings. The number of hydrogen-bond acceptors (Lipinski definition) is 4. The number of ether oxygens (including phenoxy) is 3. The molecule has 4 nitrogen and oxygen atoms in total. The van der Waals surface area contributed by atoms with E-state index in [9.17, 15) is 0 Å². The molecule has 0 aromatic heterocycles. The van der Waals surface area contributed by atoms with Gasteiger partial charge in [-0.2, -0.15) is 0 Å². The molecule has 0 saturated carbocycles. The molecule has 0 radical (unpaired) electrons. The van der Waals surface area contributed by atoms with Crippen LogP contribution in [0, 0.1) is 6.92 Å². The van der Waals surface area contributed by atoms with E-state index in [1.165, 1.54) is 11.1 Å². The van der Waals surface area contributed by atoms with Gasteiger partial charge < -0.3 is 19.9 Å². The van der Waals surface area contributed by atoms with Crippen molar-refractivity contribution >= 4 is 5.69 Å². The molecule has 0 atom stereocenters. The summed E-state index contributed by atoms with van der Waals surface area (Å²) in [5.41, 5.74) is 8.84. The summed E-state index contributed by atoms with van der Waals surface area (Å²) in [6, 6.07) is 11.7. The first-order valence-electron chi connectivity index (χ1n) is 8.31. The monoisotopic (exact) mass is 329 g/mol. The Morgan fingerprint density at radius 2 is 1.62 bits per heavy atom. The molecule has 0 fully saturated rings. The van der Waals surface area contributed by atoms with Crippen molar-refractivity contribution in [3.8, 4) is 17.2 Å². The highest BCUT2D eigenvalue weighted by atomic mass is 16.5. The van der Waals surface area contributed by atoms with Gasteiger partial charge in [0.05, 0.1) is 20.3 Å². The van der Waals surface area contributed by atoms with Crippen LogP contribution in [0.3, 0.4) is 0 Å². The Labute approximate surface area is 144 Å². The van der Waals surface area contributed by atoms with Crippen LogP contribution in [0.25, 0.3) is 0 Å². The zero-order chi connectivity index (χ0) is 17.5. The van der Waals surface area contributed by atoms with Crippen LogP contribution in [0.5, 0.6) is 17.2 Å². The highest BCUT2D eigenvalue weighted by Gasteiger charge is 2.08. The number of hydrogen-bond donors (Lipinski definition) is 1. The molecule has 0 aliphatic carbocycles. The number of nitrogens with two attached hydrogens (primary N) is 1. The van der Waals surface area contributed by atoms with Crippen LogP contribution >= 0.6 is 0 Å². The predicted octanol–water partition coefficient (Wildman–Crippen LogP) is 4.56. The molecular weight excluding hydrogens is 302 g/mol. The highest BCUT2D eigenvalue weighted by molar-refractivity contribution is 5.51. The van der Waals surface area contributed by atoms with E-state index in [0.717, 1.165) is 12.2 Å². The van der Waals surface area contributed by atoms with Gasteiger partial charge in [-0.15, -0.1) is 0 Å². The summed E-state index contributed by atoms with van der Waals surface area (Å²) in [5.74, 6) is 2.76. The average Bonchev–Trinajstić information content (AvgIpc) is 2.55. The zero-order valence-electron chi connectivity index (χ0n) is 15.0. The Bertz CT molecular complexity index is 668. The molecule has 0 bridgehead atoms. The van der Waals surface area contributed by atoms with Gasteiger partial charge in [-0.25, -0.2) is 0 Å². The van der Waals surface area contributed by atoms with Crippen molar-refractivity contribution < 1.29 is 14.2 Å². The number of methoxy groups -OCH3 is 1. The molecule has 4 heteroatoms. The van der Waals surface area contributed by atoms with Gasteiger partial charge in [-0.3, -0.25) is 0 Å². The quantitative estimate of drug-likeness (QED) is 0.570. The summed E-state index contributed by atoms with van der Waals surface area (Å²) in [4.78, 5) is 0. The van der Waals surface area contributed by atoms with E-state index in [1.54, 1.807) is 19.2 Å². The van der Waals surface area contributed by atoms with Gasteiger partial charge in [0.15, 0.2) is 11.5 Å². The molecule has 0 heterocycles. The van der Waals surface area contributed by atoms with Crippen LogP contribution in [0.1, 0.15) is 37.3 Å². The second-order valence-corrected chi connectivity index (χ2v) is 6.16. The summed E-state index contributed by atoms with van der Waals surface area (Å²) in [5, 5.41) is 0. The van der Waals surface area contributed by atoms with E-state index in [2.05, 4.69) is 39.0 Å². The fraction of sp³-hybridized carbons (Fsp3) is 0.400. The van der Waals surface area contributed by atoms with Crippen molar-refractivity contribution in [1.29, 1.82) is 0 Å². The van der Waals surface area contributed by atoms with Gasteiger partial charge in [-0.05, 0) is 42.2 Å². The number of aryl methyl sites for hydroxylation is 1. The Morgan fingerprint density at radius 1 is 0.917 bits per heavy atom. The van der Waals surface area contributed by atoms with Crippen LogP contribution in [0.4, 0.5) is 5.69 Å². The number of nitrogen functional groups attached to an aromatic ring is 1. The van der Waals surface area contributed by atoms with Crippen LogP contribution in [-0.2, 0) is 0 Å². The first-order chi connectivity index (χ1) is 11.5. The minimum absolute atomic E-state index is 0.441. The molecular formula is C20H27NO3. The third-order valence-corrected chi connectivity index (χ3v) is 3.78. The minimum atomic E-state index is 0.441. The summed E-state index contributed by atoms with van der Waals surface area (Å²) in [7, 11) is 1.61. The molecule has 130 valence electrons. The van der Waals surface area contributed by atoms with Crippen molar-refractivity contribution in [2.45, 2.75) is 33.1 Å². The molecule has 2 rings (SSSR count). The molecule has 0 amide bonds. The Kier molecular flexibility index (Phi) is 6.36. The van der Waals surface area contributed by atoms with Crippen molar-refractivity contribution in [2.24, 2.45) is 0 Å². The van der Waals surface area contributed by atoms with Crippen LogP contribution in [0.15, 0.2) is 36.4 Å². The first kappa shape index (κ1) is 18.0. The van der Waals surface area contributed by atoms with Crippen molar-refractivity contribution in [3.63, 3.8) is 0 Å². The number of anilines is 1. The minimum Gasteiger partial charge on any atom is -0.493 e. The molecule has 0 spiro atoms. The van der Waals surface area contributed by atoms with E-state index in [-0.39, 0.29) is 0 Å². The van der Waals surface area contributed by atoms with E-state index < -0.39 is 0 Å². The third-order valence-electron chi connectivity index (χ3n) is 3.78. The van der Waals surface area contributed by atoms with Crippen molar-refractivity contribution in [1.82, 2.24) is 0 Å². The molecule has 0 unspecified atom stereocenters. The molecule has 2 N–H and O–H groups in total. The molecule has 2 aromatic carbocycles. The van der Waals surface area contributed by atoms with Gasteiger partial charge in [0.2, 0.25) is 0 Å². The van der Waals surface area contributed by atoms with Gasteiger partial charge in [-0.1, -0.05) is 26.0 Å². The van der Waals surface area contributed by atoms with E-state index in [0.29, 0.717) is 36.3 Å². The molecule has 0 saturated heterocycles. The van der Waals surface area contributed by atoms with Crippen LogP contribution in [0.2, 0.25) is 0 Å². The number of rotatable bonds is 8. The summed E-state index contributed by atoms with van der Waals surface area (Å²) < 4.78 is 17.0. The lowest BCUT2D eigenvalue weighted by Crippen LogP contribution is -2.07. The SMILES string of the molecule is COc1cc(N)ccc1OCCCOc1cc(C)ccc1C(C)C. The van der Waals surface area contributed by atoms with Gasteiger partial charge in [0.1, 0.15) is 5.75 Å². The Hall–Kier alpha value is -2.36. The maximum atomic E-state index is 5.96. The Balaban J connectivity index is 1.85. The van der Waals surface area contributed by atoms with Gasteiger partial charge in [0, 0.05) is 18.2 Å². The second kappa shape index (κ2) is 8.48. The fourth-order valence-corrected chi connectivity index (χ4v) is 2.47. The largest absolute Gasteiger partial charge is 0.493 e. The second-order valence-electron chi connectivity index (χ2n) is 6.16. The van der Waals surface area contributed by atoms with Crippen molar-refractivity contribution in [3.05, 3.63) is 47.5 Å². The van der Waals surface area contributed by atoms with E-state index in [1.807, 2.05) is 6.07 Å². The maximum Gasteiger partial charge on any atom is 0.162 e. The lowest BCUT2D eigenvalue weighted by Gasteiger charge is -2.15. The topological polar surface area (TPSA) is 53.7 Å². The predicted molar refractivity (Wildman–Crippen MR) is 98.3 cm³/mol. The average molecular weight is 329 g/mol. The van der Waals surface area contributed by atoms with E-state index >= 15 is 0 Å². The van der Waals surface area contributed by atoms with Crippen LogP contribution in [-0.4, -0.2) is 20.3 Å². The standard InChI is InChI=1S/C20H27NO3/c1-14(2)17-8-6-15(3)12-19(17)24-11-5-10-23-18-9-7-16(21)13-20(18)22-4/h6-9,12-14H,5,10-11,21H2,1-4H3. The fourth-order valence-electron chi connectivity index (χ4n) is 2.47. The van der Waals surface area contributed by atoms with Gasteiger partial charge in [0.25, 0.3) is 0 Å². The molecule has 2 aromatic rings. The van der Waals surface area contributed by atoms with Crippen molar-refractivity contribution in [2.75, 3.05) is 26.1 Å². The zero-order valence-corrected chi connectivity index (χ0v) is 15.0. The Morgan fingerprint density at radius 3 is 2.29 bits per heavy atom. The maximum absolute atomic E-state index is 5.96. The smallest absolute Gasteiger partial charge is 0.162 e. The number of benzene rings is 2. The lowest BCUT2D eigenvalue weighted by atomic mass is 10.0. The third kappa shape index (κ3) is 4.82. The lowest BCUT2D eigenvalue weighted by molar-refractivity contribution is 0.239. The van der Waals surface area contributed by atoms with E-state index in [4.69, 9.17) is 19.9 Å². The normalized spacial score (nSPS) is 10.7. The first-order valence-corrected chi connectivity index (χ1v) is 8.31. The summed E-state index contributed by atoms with van der Waals surface area (Å²) in [6.45, 7) is 7.60.